The highest BCUT2D eigenvalue weighted by Gasteiger charge is 2.06. The molecule has 0 bridgehead atoms. The fourth-order valence-electron chi connectivity index (χ4n) is 1.09. The average molecular weight is 203 g/mol. The Labute approximate surface area is 82.5 Å². The van der Waals surface area contributed by atoms with Crippen molar-refractivity contribution in [3.8, 4) is 0 Å². The number of methoxy groups -OCH3 is 1. The molecule has 0 saturated carbocycles. The minimum absolute atomic E-state index is 0.210. The van der Waals surface area contributed by atoms with Crippen molar-refractivity contribution in [1.82, 2.24) is 0 Å². The van der Waals surface area contributed by atoms with E-state index in [1.807, 2.05) is 6.08 Å². The number of rotatable bonds is 3. The molecule has 0 heterocycles. The maximum Gasteiger partial charge on any atom is 0.125 e. The van der Waals surface area contributed by atoms with E-state index in [2.05, 4.69) is 0 Å². The van der Waals surface area contributed by atoms with E-state index in [9.17, 15) is 4.39 Å². The van der Waals surface area contributed by atoms with E-state index in [-0.39, 0.29) is 5.83 Å². The Morgan fingerprint density at radius 1 is 1.54 bits per heavy atom. The van der Waals surface area contributed by atoms with Crippen molar-refractivity contribution >= 4 is 11.6 Å². The predicted molar refractivity (Wildman–Crippen MR) is 52.6 cm³/mol. The second-order valence-electron chi connectivity index (χ2n) is 2.84. The molecule has 1 nitrogen and oxygen atoms in total. The Balaban J connectivity index is 2.79. The lowest BCUT2D eigenvalue weighted by atomic mass is 10.2. The maximum atomic E-state index is 13.2. The summed E-state index contributed by atoms with van der Waals surface area (Å²) < 4.78 is 18.1. The van der Waals surface area contributed by atoms with Gasteiger partial charge < -0.3 is 4.74 Å². The minimum Gasteiger partial charge on any atom is -0.380 e. The van der Waals surface area contributed by atoms with Crippen LogP contribution in [0.2, 0.25) is 0 Å². The molecule has 1 rings (SSSR count). The molecule has 3 heteroatoms. The van der Waals surface area contributed by atoms with Crippen LogP contribution >= 0.6 is 11.6 Å². The van der Waals surface area contributed by atoms with Gasteiger partial charge in [-0.05, 0) is 12.5 Å². The van der Waals surface area contributed by atoms with Gasteiger partial charge in [0.15, 0.2) is 0 Å². The van der Waals surface area contributed by atoms with E-state index in [1.165, 1.54) is 6.08 Å². The maximum absolute atomic E-state index is 13.2. The summed E-state index contributed by atoms with van der Waals surface area (Å²) >= 11 is 5.64. The van der Waals surface area contributed by atoms with Crippen molar-refractivity contribution in [1.29, 1.82) is 0 Å². The van der Waals surface area contributed by atoms with E-state index in [0.717, 1.165) is 5.57 Å². The molecule has 1 aliphatic rings. The molecule has 1 aliphatic carbocycles. The second-order valence-corrected chi connectivity index (χ2v) is 3.11. The van der Waals surface area contributed by atoms with Crippen LogP contribution in [0.15, 0.2) is 35.2 Å². The van der Waals surface area contributed by atoms with Crippen molar-refractivity contribution in [3.05, 3.63) is 35.2 Å². The normalized spacial score (nSPS) is 17.3. The quantitative estimate of drug-likeness (QED) is 0.640. The summed E-state index contributed by atoms with van der Waals surface area (Å²) in [5.41, 5.74) is 1.59. The molecule has 0 amide bonds. The van der Waals surface area contributed by atoms with Crippen molar-refractivity contribution in [3.63, 3.8) is 0 Å². The van der Waals surface area contributed by atoms with Crippen LogP contribution in [0.3, 0.4) is 0 Å². The average Bonchev–Trinajstić information content (AvgIpc) is 2.31. The number of allylic oxidation sites excluding steroid dienone is 4. The molecule has 0 fully saturated rings. The Bertz CT molecular complexity index is 266. The van der Waals surface area contributed by atoms with Crippen LogP contribution in [0, 0.1) is 0 Å². The molecule has 0 unspecified atom stereocenters. The fourth-order valence-corrected chi connectivity index (χ4v) is 1.29. The van der Waals surface area contributed by atoms with Crippen LogP contribution in [0.25, 0.3) is 0 Å². The SMILES string of the molecule is COCC1=CC=C(CCl)CC=C1F. The fraction of sp³-hybridized carbons (Fsp3) is 0.400. The first kappa shape index (κ1) is 10.5. The lowest BCUT2D eigenvalue weighted by Gasteiger charge is -2.00. The van der Waals surface area contributed by atoms with Crippen LogP contribution in [0.1, 0.15) is 6.42 Å². The zero-order chi connectivity index (χ0) is 9.68. The van der Waals surface area contributed by atoms with Gasteiger partial charge in [0.05, 0.1) is 6.61 Å². The Hall–Kier alpha value is -0.600. The van der Waals surface area contributed by atoms with Crippen LogP contribution in [-0.4, -0.2) is 19.6 Å². The van der Waals surface area contributed by atoms with Crippen molar-refractivity contribution in [2.45, 2.75) is 6.42 Å². The Morgan fingerprint density at radius 3 is 2.92 bits per heavy atom. The molecule has 72 valence electrons. The Morgan fingerprint density at radius 2 is 2.31 bits per heavy atom. The van der Waals surface area contributed by atoms with Gasteiger partial charge in [0.2, 0.25) is 0 Å². The van der Waals surface area contributed by atoms with Gasteiger partial charge in [-0.3, -0.25) is 0 Å². The van der Waals surface area contributed by atoms with Crippen LogP contribution in [-0.2, 0) is 4.74 Å². The third-order valence-corrected chi connectivity index (χ3v) is 2.19. The molecular weight excluding hydrogens is 191 g/mol. The van der Waals surface area contributed by atoms with E-state index in [4.69, 9.17) is 16.3 Å². The lowest BCUT2D eigenvalue weighted by molar-refractivity contribution is 0.224. The topological polar surface area (TPSA) is 9.23 Å². The van der Waals surface area contributed by atoms with Gasteiger partial charge >= 0.3 is 0 Å². The van der Waals surface area contributed by atoms with Gasteiger partial charge in [-0.1, -0.05) is 17.7 Å². The molecule has 0 N–H and O–H groups in total. The molecule has 0 aliphatic heterocycles. The summed E-state index contributed by atoms with van der Waals surface area (Å²) in [5.74, 6) is 0.235. The largest absolute Gasteiger partial charge is 0.380 e. The molecule has 13 heavy (non-hydrogen) atoms. The Kier molecular flexibility index (Phi) is 4.19. The minimum atomic E-state index is -0.210. The first-order valence-electron chi connectivity index (χ1n) is 4.07. The number of hydrogen-bond acceptors (Lipinski definition) is 1. The summed E-state index contributed by atoms with van der Waals surface area (Å²) in [4.78, 5) is 0. The van der Waals surface area contributed by atoms with Crippen molar-refractivity contribution < 1.29 is 9.13 Å². The highest BCUT2D eigenvalue weighted by atomic mass is 35.5. The summed E-state index contributed by atoms with van der Waals surface area (Å²) in [6.45, 7) is 0.300. The van der Waals surface area contributed by atoms with E-state index < -0.39 is 0 Å². The highest BCUT2D eigenvalue weighted by molar-refractivity contribution is 6.19. The van der Waals surface area contributed by atoms with E-state index >= 15 is 0 Å². The molecule has 0 aromatic heterocycles. The third-order valence-electron chi connectivity index (χ3n) is 1.84. The molecule has 0 saturated heterocycles. The number of hydrogen-bond donors (Lipinski definition) is 0. The van der Waals surface area contributed by atoms with Crippen LogP contribution in [0.5, 0.6) is 0 Å². The number of ether oxygens (including phenoxy) is 1. The molecular formula is C10H12ClFO. The first-order chi connectivity index (χ1) is 6.27. The molecule has 0 atom stereocenters. The van der Waals surface area contributed by atoms with Crippen molar-refractivity contribution in [2.75, 3.05) is 19.6 Å². The zero-order valence-corrected chi connectivity index (χ0v) is 8.27. The zero-order valence-electron chi connectivity index (χ0n) is 7.52. The number of alkyl halides is 1. The summed E-state index contributed by atoms with van der Waals surface area (Å²) in [5, 5.41) is 0. The van der Waals surface area contributed by atoms with Crippen molar-refractivity contribution in [2.24, 2.45) is 0 Å². The van der Waals surface area contributed by atoms with Gasteiger partial charge in [-0.25, -0.2) is 4.39 Å². The molecule has 0 aromatic carbocycles. The summed E-state index contributed by atoms with van der Waals surface area (Å²) in [7, 11) is 1.55. The third kappa shape index (κ3) is 2.98. The van der Waals surface area contributed by atoms with Gasteiger partial charge in [-0.15, -0.1) is 11.6 Å². The smallest absolute Gasteiger partial charge is 0.125 e. The van der Waals surface area contributed by atoms with Gasteiger partial charge in [0.1, 0.15) is 5.83 Å². The number of halogens is 2. The standard InChI is InChI=1S/C10H12ClFO/c1-13-7-9-4-2-8(6-11)3-5-10(9)12/h2,4-5H,3,6-7H2,1H3. The van der Waals surface area contributed by atoms with Crippen LogP contribution < -0.4 is 0 Å². The van der Waals surface area contributed by atoms with Gasteiger partial charge in [0, 0.05) is 18.6 Å². The van der Waals surface area contributed by atoms with E-state index in [0.29, 0.717) is 24.5 Å². The predicted octanol–water partition coefficient (Wildman–Crippen LogP) is 2.98. The first-order valence-corrected chi connectivity index (χ1v) is 4.61. The lowest BCUT2D eigenvalue weighted by Crippen LogP contribution is -1.94. The summed E-state index contributed by atoms with van der Waals surface area (Å²) in [6, 6.07) is 0. The summed E-state index contributed by atoms with van der Waals surface area (Å²) in [6.07, 6.45) is 5.69. The van der Waals surface area contributed by atoms with Gasteiger partial charge in [0.25, 0.3) is 0 Å². The van der Waals surface area contributed by atoms with Crippen LogP contribution in [0.4, 0.5) is 4.39 Å². The second kappa shape index (κ2) is 5.20. The molecule has 0 radical (unpaired) electrons. The van der Waals surface area contributed by atoms with Gasteiger partial charge in [-0.2, -0.15) is 0 Å². The molecule has 0 spiro atoms. The van der Waals surface area contributed by atoms with E-state index in [1.54, 1.807) is 13.2 Å². The monoisotopic (exact) mass is 202 g/mol. The highest BCUT2D eigenvalue weighted by Crippen LogP contribution is 2.19. The molecule has 0 aromatic rings.